The van der Waals surface area contributed by atoms with Crippen LogP contribution in [0.4, 0.5) is 5.82 Å². The van der Waals surface area contributed by atoms with Gasteiger partial charge in [-0.15, -0.1) is 0 Å². The summed E-state index contributed by atoms with van der Waals surface area (Å²) in [5.74, 6) is 1.21. The van der Waals surface area contributed by atoms with E-state index >= 15 is 0 Å². The lowest BCUT2D eigenvalue weighted by Gasteiger charge is -2.11. The predicted molar refractivity (Wildman–Crippen MR) is 136 cm³/mol. The first-order chi connectivity index (χ1) is 17.1. The number of nitriles is 1. The molecule has 2 N–H and O–H groups in total. The molecule has 0 atom stereocenters. The van der Waals surface area contributed by atoms with E-state index in [0.717, 1.165) is 22.3 Å². The maximum Gasteiger partial charge on any atom is 0.244 e. The van der Waals surface area contributed by atoms with E-state index in [1.165, 1.54) is 0 Å². The molecule has 1 aromatic carbocycles. The Hall–Kier alpha value is -4.64. The molecule has 35 heavy (non-hydrogen) atoms. The van der Waals surface area contributed by atoms with Crippen molar-refractivity contribution in [2.24, 2.45) is 0 Å². The highest BCUT2D eigenvalue weighted by molar-refractivity contribution is 5.94. The van der Waals surface area contributed by atoms with Crippen molar-refractivity contribution in [1.82, 2.24) is 19.9 Å². The van der Waals surface area contributed by atoms with Crippen LogP contribution >= 0.6 is 0 Å². The molecule has 0 aliphatic heterocycles. The van der Waals surface area contributed by atoms with Gasteiger partial charge in [-0.2, -0.15) is 10.4 Å². The largest absolute Gasteiger partial charge is 0.492 e. The van der Waals surface area contributed by atoms with Gasteiger partial charge < -0.3 is 15.4 Å². The van der Waals surface area contributed by atoms with Gasteiger partial charge in [0.1, 0.15) is 17.6 Å². The van der Waals surface area contributed by atoms with E-state index in [0.29, 0.717) is 42.3 Å². The van der Waals surface area contributed by atoms with Crippen LogP contribution in [0, 0.1) is 11.3 Å². The molecule has 0 bridgehead atoms. The Morgan fingerprint density at radius 2 is 2.00 bits per heavy atom. The molecule has 8 nitrogen and oxygen atoms in total. The number of ether oxygens (including phenoxy) is 1. The predicted octanol–water partition coefficient (Wildman–Crippen LogP) is 4.30. The highest BCUT2D eigenvalue weighted by atomic mass is 16.5. The number of carbonyl (C=O) groups is 1. The SMILES string of the molecule is CCOc1cc(-c2ccc(NCCNC(=O)/C=C(\C)c3ccccc3)nc2)c2c(C#N)cnn2c1. The van der Waals surface area contributed by atoms with Crippen molar-refractivity contribution in [3.63, 3.8) is 0 Å². The summed E-state index contributed by atoms with van der Waals surface area (Å²) in [6.07, 6.45) is 6.65. The van der Waals surface area contributed by atoms with Crippen molar-refractivity contribution in [3.05, 3.63) is 84.3 Å². The van der Waals surface area contributed by atoms with Crippen molar-refractivity contribution in [2.75, 3.05) is 25.0 Å². The van der Waals surface area contributed by atoms with E-state index in [4.69, 9.17) is 4.74 Å². The number of pyridine rings is 2. The Balaban J connectivity index is 1.38. The normalized spacial score (nSPS) is 11.2. The summed E-state index contributed by atoms with van der Waals surface area (Å²) in [6.45, 7) is 5.34. The Kier molecular flexibility index (Phi) is 7.38. The number of nitrogens with one attached hydrogen (secondary N) is 2. The fourth-order valence-corrected chi connectivity index (χ4v) is 3.71. The number of allylic oxidation sites excluding steroid dienone is 1. The summed E-state index contributed by atoms with van der Waals surface area (Å²) in [6, 6.07) is 17.7. The van der Waals surface area contributed by atoms with Crippen LogP contribution < -0.4 is 15.4 Å². The quantitative estimate of drug-likeness (QED) is 0.282. The lowest BCUT2D eigenvalue weighted by molar-refractivity contribution is -0.116. The summed E-state index contributed by atoms with van der Waals surface area (Å²) in [5, 5.41) is 19.9. The van der Waals surface area contributed by atoms with Gasteiger partial charge in [0.05, 0.1) is 30.1 Å². The molecule has 176 valence electrons. The fourth-order valence-electron chi connectivity index (χ4n) is 3.71. The van der Waals surface area contributed by atoms with Crippen molar-refractivity contribution in [3.8, 4) is 22.9 Å². The smallest absolute Gasteiger partial charge is 0.244 e. The molecule has 4 aromatic rings. The van der Waals surface area contributed by atoms with E-state index in [2.05, 4.69) is 26.8 Å². The first kappa shape index (κ1) is 23.5. The maximum absolute atomic E-state index is 12.2. The molecular formula is C27H26N6O2. The maximum atomic E-state index is 12.2. The van der Waals surface area contributed by atoms with Crippen LogP contribution in [0.2, 0.25) is 0 Å². The Bertz CT molecular complexity index is 1390. The number of carbonyl (C=O) groups excluding carboxylic acids is 1. The van der Waals surface area contributed by atoms with Crippen LogP contribution in [-0.4, -0.2) is 40.2 Å². The van der Waals surface area contributed by atoms with Gasteiger partial charge in [-0.05, 0) is 43.2 Å². The van der Waals surface area contributed by atoms with Crippen LogP contribution in [-0.2, 0) is 4.79 Å². The molecule has 0 spiro atoms. The summed E-state index contributed by atoms with van der Waals surface area (Å²) in [4.78, 5) is 16.7. The average Bonchev–Trinajstić information content (AvgIpc) is 3.30. The van der Waals surface area contributed by atoms with E-state index < -0.39 is 0 Å². The highest BCUT2D eigenvalue weighted by Crippen LogP contribution is 2.30. The summed E-state index contributed by atoms with van der Waals surface area (Å²) in [7, 11) is 0. The van der Waals surface area contributed by atoms with Gasteiger partial charge in [0.25, 0.3) is 0 Å². The van der Waals surface area contributed by atoms with Crippen LogP contribution in [0.1, 0.15) is 25.0 Å². The zero-order valence-corrected chi connectivity index (χ0v) is 19.7. The molecule has 4 rings (SSSR count). The third-order valence-corrected chi connectivity index (χ3v) is 5.40. The number of aromatic nitrogens is 3. The number of benzene rings is 1. The minimum Gasteiger partial charge on any atom is -0.492 e. The van der Waals surface area contributed by atoms with E-state index in [-0.39, 0.29) is 5.91 Å². The molecule has 0 fully saturated rings. The molecule has 0 aliphatic carbocycles. The van der Waals surface area contributed by atoms with Crippen LogP contribution in [0.25, 0.3) is 22.2 Å². The molecule has 3 aromatic heterocycles. The number of hydrogen-bond donors (Lipinski definition) is 2. The molecule has 3 heterocycles. The van der Waals surface area contributed by atoms with E-state index in [1.807, 2.05) is 62.4 Å². The van der Waals surface area contributed by atoms with Gasteiger partial charge in [-0.1, -0.05) is 30.3 Å². The molecule has 1 amide bonds. The number of nitrogens with zero attached hydrogens (tertiary/aromatic N) is 4. The Morgan fingerprint density at radius 1 is 1.17 bits per heavy atom. The minimum atomic E-state index is -0.135. The molecular weight excluding hydrogens is 440 g/mol. The first-order valence-electron chi connectivity index (χ1n) is 11.3. The van der Waals surface area contributed by atoms with Crippen molar-refractivity contribution in [2.45, 2.75) is 13.8 Å². The van der Waals surface area contributed by atoms with Gasteiger partial charge in [0.2, 0.25) is 5.91 Å². The van der Waals surface area contributed by atoms with Crippen molar-refractivity contribution < 1.29 is 9.53 Å². The van der Waals surface area contributed by atoms with Crippen LogP contribution in [0.5, 0.6) is 5.75 Å². The number of rotatable bonds is 9. The number of fused-ring (bicyclic) bond motifs is 1. The number of hydrogen-bond acceptors (Lipinski definition) is 6. The average molecular weight is 467 g/mol. The Morgan fingerprint density at radius 3 is 2.71 bits per heavy atom. The molecule has 0 saturated heterocycles. The van der Waals surface area contributed by atoms with Gasteiger partial charge in [-0.25, -0.2) is 9.50 Å². The number of anilines is 1. The standard InChI is InChI=1S/C27H26N6O2/c1-3-35-23-14-24(27-22(15-28)17-32-33(27)18-23)21-9-10-25(31-16-21)29-11-12-30-26(34)13-19(2)20-7-5-4-6-8-20/h4-10,13-14,16-18H,3,11-12H2,1-2H3,(H,29,31)(H,30,34)/b19-13+. The van der Waals surface area contributed by atoms with E-state index in [9.17, 15) is 10.1 Å². The molecule has 8 heteroatoms. The molecule has 0 radical (unpaired) electrons. The van der Waals surface area contributed by atoms with Gasteiger partial charge in [-0.3, -0.25) is 4.79 Å². The van der Waals surface area contributed by atoms with Gasteiger partial charge in [0.15, 0.2) is 0 Å². The summed E-state index contributed by atoms with van der Waals surface area (Å²) >= 11 is 0. The Labute approximate surface area is 203 Å². The zero-order valence-electron chi connectivity index (χ0n) is 19.7. The lowest BCUT2D eigenvalue weighted by atomic mass is 10.1. The molecule has 0 saturated carbocycles. The molecule has 0 unspecified atom stereocenters. The number of amides is 1. The summed E-state index contributed by atoms with van der Waals surface area (Å²) in [5.41, 5.74) is 4.78. The second-order valence-electron chi connectivity index (χ2n) is 7.83. The molecule has 0 aliphatic rings. The summed E-state index contributed by atoms with van der Waals surface area (Å²) < 4.78 is 7.32. The van der Waals surface area contributed by atoms with Gasteiger partial charge >= 0.3 is 0 Å². The van der Waals surface area contributed by atoms with Crippen molar-refractivity contribution >= 4 is 22.8 Å². The van der Waals surface area contributed by atoms with E-state index in [1.54, 1.807) is 29.2 Å². The van der Waals surface area contributed by atoms with Crippen molar-refractivity contribution in [1.29, 1.82) is 5.26 Å². The zero-order chi connectivity index (χ0) is 24.6. The first-order valence-corrected chi connectivity index (χ1v) is 11.3. The second kappa shape index (κ2) is 11.0. The van der Waals surface area contributed by atoms with Gasteiger partial charge in [0, 0.05) is 36.5 Å². The third-order valence-electron chi connectivity index (χ3n) is 5.40. The minimum absolute atomic E-state index is 0.135. The lowest BCUT2D eigenvalue weighted by Crippen LogP contribution is -2.27. The monoisotopic (exact) mass is 466 g/mol. The van der Waals surface area contributed by atoms with Crippen LogP contribution in [0.3, 0.4) is 0 Å². The topological polar surface area (TPSA) is 104 Å². The third kappa shape index (κ3) is 5.65. The second-order valence-corrected chi connectivity index (χ2v) is 7.83. The van der Waals surface area contributed by atoms with Crippen LogP contribution in [0.15, 0.2) is 73.2 Å². The highest BCUT2D eigenvalue weighted by Gasteiger charge is 2.14. The fraction of sp³-hybridized carbons (Fsp3) is 0.185.